The summed E-state index contributed by atoms with van der Waals surface area (Å²) in [7, 11) is -3.52. The van der Waals surface area contributed by atoms with Gasteiger partial charge in [0.05, 0.1) is 28.2 Å². The van der Waals surface area contributed by atoms with Crippen molar-refractivity contribution in [2.75, 3.05) is 29.5 Å². The van der Waals surface area contributed by atoms with Crippen LogP contribution in [0.1, 0.15) is 27.6 Å². The van der Waals surface area contributed by atoms with Crippen molar-refractivity contribution < 1.29 is 32.3 Å². The number of carbonyl (C=O) groups is 3. The second-order valence-electron chi connectivity index (χ2n) is 7.02. The molecule has 9 nitrogen and oxygen atoms in total. The van der Waals surface area contributed by atoms with E-state index in [9.17, 15) is 22.8 Å². The average Bonchev–Trinajstić information content (AvgIpc) is 3.19. The molecule has 2 N–H and O–H groups in total. The number of amides is 1. The third-order valence-electron chi connectivity index (χ3n) is 4.16. The lowest BCUT2D eigenvalue weighted by atomic mass is 10.2. The summed E-state index contributed by atoms with van der Waals surface area (Å²) in [5, 5.41) is 2.88. The first kappa shape index (κ1) is 26.3. The van der Waals surface area contributed by atoms with Crippen LogP contribution in [-0.4, -0.2) is 45.7 Å². The Morgan fingerprint density at radius 2 is 1.71 bits per heavy atom. The number of carbonyl (C=O) groups excluding carboxylic acids is 3. The Kier molecular flexibility index (Phi) is 8.90. The zero-order valence-corrected chi connectivity index (χ0v) is 21.2. The molecule has 0 spiro atoms. The van der Waals surface area contributed by atoms with Crippen molar-refractivity contribution in [3.63, 3.8) is 0 Å². The van der Waals surface area contributed by atoms with Crippen molar-refractivity contribution in [3.05, 3.63) is 71.8 Å². The van der Waals surface area contributed by atoms with E-state index in [1.54, 1.807) is 13.0 Å². The topological polar surface area (TPSA) is 128 Å². The molecule has 0 saturated carbocycles. The summed E-state index contributed by atoms with van der Waals surface area (Å²) in [6.45, 7) is 1.25. The number of rotatable bonds is 10. The maximum Gasteiger partial charge on any atom is 0.341 e. The number of thiophene rings is 1. The Bertz CT molecular complexity index is 1320. The standard InChI is InChI=1S/C23H22N2O7S3/c1-3-31-23(28)18-13-20(33-17-10-5-4-6-11-17)34-21(18)24-19(26)14-32-22(27)15-8-7-9-16(12-15)25-35(2,29)30/h4-13,25H,3,14H2,1-2H3,(H,24,26). The number of anilines is 2. The van der Waals surface area contributed by atoms with Crippen LogP contribution < -0.4 is 10.0 Å². The van der Waals surface area contributed by atoms with E-state index in [1.165, 1.54) is 47.4 Å². The lowest BCUT2D eigenvalue weighted by molar-refractivity contribution is -0.119. The van der Waals surface area contributed by atoms with Crippen LogP contribution in [0.2, 0.25) is 0 Å². The molecule has 0 unspecified atom stereocenters. The van der Waals surface area contributed by atoms with Crippen LogP contribution in [0.25, 0.3) is 0 Å². The number of benzene rings is 2. The van der Waals surface area contributed by atoms with E-state index in [1.807, 2.05) is 30.3 Å². The van der Waals surface area contributed by atoms with Crippen molar-refractivity contribution in [3.8, 4) is 0 Å². The van der Waals surface area contributed by atoms with Crippen LogP contribution in [0.3, 0.4) is 0 Å². The number of esters is 2. The van der Waals surface area contributed by atoms with E-state index in [0.29, 0.717) is 0 Å². The molecule has 1 aromatic heterocycles. The zero-order valence-electron chi connectivity index (χ0n) is 18.8. The predicted molar refractivity (Wildman–Crippen MR) is 135 cm³/mol. The Balaban J connectivity index is 1.67. The van der Waals surface area contributed by atoms with Crippen molar-refractivity contribution >= 4 is 61.7 Å². The van der Waals surface area contributed by atoms with Gasteiger partial charge in [0, 0.05) is 10.6 Å². The molecular weight excluding hydrogens is 512 g/mol. The van der Waals surface area contributed by atoms with Crippen LogP contribution in [0.4, 0.5) is 10.7 Å². The molecule has 0 aliphatic carbocycles. The maximum atomic E-state index is 12.5. The van der Waals surface area contributed by atoms with Crippen LogP contribution in [0, 0.1) is 0 Å². The molecule has 0 radical (unpaired) electrons. The van der Waals surface area contributed by atoms with E-state index in [0.717, 1.165) is 15.4 Å². The van der Waals surface area contributed by atoms with Gasteiger partial charge >= 0.3 is 11.9 Å². The van der Waals surface area contributed by atoms with Gasteiger partial charge in [0.2, 0.25) is 10.0 Å². The minimum absolute atomic E-state index is 0.0660. The summed E-state index contributed by atoms with van der Waals surface area (Å²) < 4.78 is 35.9. The number of nitrogens with one attached hydrogen (secondary N) is 2. The van der Waals surface area contributed by atoms with Gasteiger partial charge in [0.25, 0.3) is 5.91 Å². The molecule has 3 aromatic rings. The normalized spacial score (nSPS) is 10.9. The smallest absolute Gasteiger partial charge is 0.341 e. The van der Waals surface area contributed by atoms with Crippen molar-refractivity contribution in [2.45, 2.75) is 16.0 Å². The summed E-state index contributed by atoms with van der Waals surface area (Å²) in [6.07, 6.45) is 0.987. The Labute approximate surface area is 210 Å². The fourth-order valence-electron chi connectivity index (χ4n) is 2.78. The summed E-state index contributed by atoms with van der Waals surface area (Å²) in [6, 6.07) is 16.9. The Morgan fingerprint density at radius 1 is 0.971 bits per heavy atom. The molecule has 0 saturated heterocycles. The summed E-state index contributed by atoms with van der Waals surface area (Å²) in [5.74, 6) is -2.03. The predicted octanol–water partition coefficient (Wildman–Crippen LogP) is 4.24. The lowest BCUT2D eigenvalue weighted by Crippen LogP contribution is -2.21. The van der Waals surface area contributed by atoms with Gasteiger partial charge in [-0.1, -0.05) is 36.0 Å². The van der Waals surface area contributed by atoms with E-state index >= 15 is 0 Å². The van der Waals surface area contributed by atoms with Gasteiger partial charge in [-0.2, -0.15) is 0 Å². The fourth-order valence-corrected chi connectivity index (χ4v) is 5.54. The van der Waals surface area contributed by atoms with Gasteiger partial charge in [-0.3, -0.25) is 9.52 Å². The minimum atomic E-state index is -3.52. The van der Waals surface area contributed by atoms with E-state index in [4.69, 9.17) is 9.47 Å². The Morgan fingerprint density at radius 3 is 2.40 bits per heavy atom. The molecule has 12 heteroatoms. The van der Waals surface area contributed by atoms with Gasteiger partial charge in [0.1, 0.15) is 5.00 Å². The highest BCUT2D eigenvalue weighted by molar-refractivity contribution is 8.01. The second kappa shape index (κ2) is 11.9. The summed E-state index contributed by atoms with van der Waals surface area (Å²) in [4.78, 5) is 38.1. The Hall–Kier alpha value is -3.35. The van der Waals surface area contributed by atoms with Crippen molar-refractivity contribution in [1.82, 2.24) is 0 Å². The molecule has 0 bridgehead atoms. The maximum absolute atomic E-state index is 12.5. The third kappa shape index (κ3) is 8.12. The first-order chi connectivity index (χ1) is 16.6. The minimum Gasteiger partial charge on any atom is -0.462 e. The van der Waals surface area contributed by atoms with E-state index in [2.05, 4.69) is 10.0 Å². The zero-order chi connectivity index (χ0) is 25.4. The molecular formula is C23H22N2O7S3. The highest BCUT2D eigenvalue weighted by Crippen LogP contribution is 2.39. The van der Waals surface area contributed by atoms with Crippen molar-refractivity contribution in [2.24, 2.45) is 0 Å². The number of hydrogen-bond acceptors (Lipinski definition) is 9. The monoisotopic (exact) mass is 534 g/mol. The van der Waals surface area contributed by atoms with Crippen LogP contribution in [0.15, 0.2) is 69.8 Å². The number of sulfonamides is 1. The average molecular weight is 535 g/mol. The van der Waals surface area contributed by atoms with Gasteiger partial charge in [-0.25, -0.2) is 18.0 Å². The molecule has 3 rings (SSSR count). The molecule has 1 heterocycles. The molecule has 35 heavy (non-hydrogen) atoms. The van der Waals surface area contributed by atoms with Gasteiger partial charge in [0.15, 0.2) is 6.61 Å². The van der Waals surface area contributed by atoms with Crippen molar-refractivity contribution in [1.29, 1.82) is 0 Å². The quantitative estimate of drug-likeness (QED) is 0.370. The van der Waals surface area contributed by atoms with E-state index < -0.39 is 34.5 Å². The van der Waals surface area contributed by atoms with Crippen LogP contribution >= 0.6 is 23.1 Å². The fraction of sp³-hybridized carbons (Fsp3) is 0.174. The SMILES string of the molecule is CCOC(=O)c1cc(Sc2ccccc2)sc1NC(=O)COC(=O)c1cccc(NS(C)(=O)=O)c1. The molecule has 0 atom stereocenters. The van der Waals surface area contributed by atoms with Crippen LogP contribution in [0.5, 0.6) is 0 Å². The molecule has 184 valence electrons. The summed E-state index contributed by atoms with van der Waals surface area (Å²) in [5.41, 5.74) is 0.457. The molecule has 0 aliphatic rings. The molecule has 1 amide bonds. The van der Waals surface area contributed by atoms with Crippen LogP contribution in [-0.2, 0) is 24.3 Å². The highest BCUT2D eigenvalue weighted by Gasteiger charge is 2.20. The largest absolute Gasteiger partial charge is 0.462 e. The van der Waals surface area contributed by atoms with Gasteiger partial charge < -0.3 is 14.8 Å². The highest BCUT2D eigenvalue weighted by atomic mass is 32.2. The van der Waals surface area contributed by atoms with E-state index in [-0.39, 0.29) is 28.4 Å². The third-order valence-corrected chi connectivity index (χ3v) is 6.93. The molecule has 2 aromatic carbocycles. The summed E-state index contributed by atoms with van der Waals surface area (Å²) >= 11 is 2.63. The lowest BCUT2D eigenvalue weighted by Gasteiger charge is -2.08. The first-order valence-electron chi connectivity index (χ1n) is 10.2. The molecule has 0 aliphatic heterocycles. The number of hydrogen-bond donors (Lipinski definition) is 2. The first-order valence-corrected chi connectivity index (χ1v) is 13.8. The van der Waals surface area contributed by atoms with Gasteiger partial charge in [-0.05, 0) is 43.3 Å². The van der Waals surface area contributed by atoms with Gasteiger partial charge in [-0.15, -0.1) is 11.3 Å². The second-order valence-corrected chi connectivity index (χ2v) is 11.2. The molecule has 0 fully saturated rings. The number of ether oxygens (including phenoxy) is 2.